The average molecular weight is 363 g/mol. The fraction of sp³-hybridized carbons (Fsp3) is 0.364. The summed E-state index contributed by atoms with van der Waals surface area (Å²) in [7, 11) is 2.09. The Hall–Kier alpha value is -2.82. The number of fused-ring (bicyclic) bond motifs is 3. The molecule has 2 aromatic heterocycles. The minimum atomic E-state index is -0.463. The molecule has 3 heterocycles. The number of hydrogen-bond donors (Lipinski definition) is 0. The lowest BCUT2D eigenvalue weighted by Gasteiger charge is -2.29. The number of amides is 1. The van der Waals surface area contributed by atoms with Crippen LogP contribution in [0.25, 0.3) is 27.4 Å². The van der Waals surface area contributed by atoms with Gasteiger partial charge < -0.3 is 14.2 Å². The van der Waals surface area contributed by atoms with Crippen LogP contribution in [0.5, 0.6) is 0 Å². The number of aromatic nitrogens is 2. The zero-order valence-electron chi connectivity index (χ0n) is 16.3. The first-order chi connectivity index (χ1) is 12.8. The van der Waals surface area contributed by atoms with Crippen LogP contribution < -0.4 is 0 Å². The summed E-state index contributed by atoms with van der Waals surface area (Å²) in [5.74, 6) is 0. The average Bonchev–Trinajstić information content (AvgIpc) is 2.93. The predicted molar refractivity (Wildman–Crippen MR) is 109 cm³/mol. The van der Waals surface area contributed by atoms with E-state index in [4.69, 9.17) is 4.74 Å². The second-order valence-corrected chi connectivity index (χ2v) is 8.09. The number of rotatable bonds is 1. The van der Waals surface area contributed by atoms with Gasteiger partial charge in [0.1, 0.15) is 5.60 Å². The third-order valence-corrected chi connectivity index (χ3v) is 5.04. The van der Waals surface area contributed by atoms with E-state index in [0.29, 0.717) is 13.1 Å². The Labute approximate surface area is 159 Å². The van der Waals surface area contributed by atoms with Crippen LogP contribution in [0.2, 0.25) is 0 Å². The molecule has 0 radical (unpaired) electrons. The first-order valence-corrected chi connectivity index (χ1v) is 9.33. The van der Waals surface area contributed by atoms with Gasteiger partial charge in [0.15, 0.2) is 0 Å². The number of carbonyl (C=O) groups is 1. The molecular formula is C22H25N3O2. The first kappa shape index (κ1) is 17.6. The van der Waals surface area contributed by atoms with E-state index < -0.39 is 5.60 Å². The van der Waals surface area contributed by atoms with Gasteiger partial charge in [-0.15, -0.1) is 0 Å². The minimum absolute atomic E-state index is 0.241. The third kappa shape index (κ3) is 3.29. The standard InChI is InChI=1S/C22H25N3O2/c1-22(2,3)27-21(26)25-11-8-15(9-12-25)16-5-6-17-18-14-23-10-7-19(18)24(4)20(17)13-16/h5-8,10,13-14H,9,11-12H2,1-4H3. The van der Waals surface area contributed by atoms with Crippen molar-refractivity contribution in [3.63, 3.8) is 0 Å². The molecule has 0 aliphatic carbocycles. The SMILES string of the molecule is Cn1c2ccncc2c2ccc(C3=CCN(C(=O)OC(C)(C)C)CC3)cc21. The lowest BCUT2D eigenvalue weighted by molar-refractivity contribution is 0.0270. The zero-order valence-corrected chi connectivity index (χ0v) is 16.3. The molecule has 5 nitrogen and oxygen atoms in total. The molecule has 0 atom stereocenters. The minimum Gasteiger partial charge on any atom is -0.444 e. The van der Waals surface area contributed by atoms with Crippen molar-refractivity contribution < 1.29 is 9.53 Å². The molecule has 0 bridgehead atoms. The lowest BCUT2D eigenvalue weighted by Crippen LogP contribution is -2.39. The zero-order chi connectivity index (χ0) is 19.2. The maximum Gasteiger partial charge on any atom is 0.410 e. The molecule has 27 heavy (non-hydrogen) atoms. The first-order valence-electron chi connectivity index (χ1n) is 9.33. The summed E-state index contributed by atoms with van der Waals surface area (Å²) in [6, 6.07) is 8.64. The van der Waals surface area contributed by atoms with Crippen molar-refractivity contribution in [2.24, 2.45) is 7.05 Å². The molecular weight excluding hydrogens is 338 g/mol. The molecule has 1 aliphatic rings. The summed E-state index contributed by atoms with van der Waals surface area (Å²) in [6.07, 6.45) is 6.48. The van der Waals surface area contributed by atoms with Gasteiger partial charge in [-0.2, -0.15) is 0 Å². The van der Waals surface area contributed by atoms with Crippen LogP contribution in [0, 0.1) is 0 Å². The predicted octanol–water partition coefficient (Wildman–Crippen LogP) is 4.75. The Morgan fingerprint density at radius 2 is 1.96 bits per heavy atom. The van der Waals surface area contributed by atoms with Crippen LogP contribution in [0.4, 0.5) is 4.79 Å². The second kappa shape index (κ2) is 6.41. The van der Waals surface area contributed by atoms with E-state index in [1.165, 1.54) is 32.9 Å². The number of hydrogen-bond acceptors (Lipinski definition) is 3. The van der Waals surface area contributed by atoms with Crippen molar-refractivity contribution in [1.29, 1.82) is 0 Å². The monoisotopic (exact) mass is 363 g/mol. The molecule has 0 unspecified atom stereocenters. The molecule has 140 valence electrons. The van der Waals surface area contributed by atoms with Crippen molar-refractivity contribution in [1.82, 2.24) is 14.5 Å². The van der Waals surface area contributed by atoms with Crippen LogP contribution in [0.15, 0.2) is 42.7 Å². The quantitative estimate of drug-likeness (QED) is 0.627. The van der Waals surface area contributed by atoms with E-state index in [2.05, 4.69) is 40.9 Å². The van der Waals surface area contributed by atoms with Crippen LogP contribution in [0.1, 0.15) is 32.8 Å². The van der Waals surface area contributed by atoms with Crippen LogP contribution >= 0.6 is 0 Å². The van der Waals surface area contributed by atoms with Crippen molar-refractivity contribution in [2.45, 2.75) is 32.8 Å². The van der Waals surface area contributed by atoms with Crippen molar-refractivity contribution >= 4 is 33.5 Å². The highest BCUT2D eigenvalue weighted by Crippen LogP contribution is 2.31. The van der Waals surface area contributed by atoms with Gasteiger partial charge in [-0.25, -0.2) is 4.79 Å². The maximum atomic E-state index is 12.2. The normalized spacial score (nSPS) is 15.3. The molecule has 5 heteroatoms. The molecule has 1 amide bonds. The van der Waals surface area contributed by atoms with E-state index in [-0.39, 0.29) is 6.09 Å². The fourth-order valence-electron chi connectivity index (χ4n) is 3.68. The molecule has 4 rings (SSSR count). The molecule has 0 saturated heterocycles. The van der Waals surface area contributed by atoms with Gasteiger partial charge in [0, 0.05) is 48.8 Å². The summed E-state index contributed by atoms with van der Waals surface area (Å²) in [4.78, 5) is 18.3. The topological polar surface area (TPSA) is 47.4 Å². The number of carbonyl (C=O) groups excluding carboxylic acids is 1. The van der Waals surface area contributed by atoms with Crippen molar-refractivity contribution in [3.8, 4) is 0 Å². The summed E-state index contributed by atoms with van der Waals surface area (Å²) in [6.45, 7) is 6.94. The van der Waals surface area contributed by atoms with E-state index in [9.17, 15) is 4.79 Å². The third-order valence-electron chi connectivity index (χ3n) is 5.04. The van der Waals surface area contributed by atoms with E-state index in [0.717, 1.165) is 6.42 Å². The van der Waals surface area contributed by atoms with Crippen LogP contribution in [-0.2, 0) is 11.8 Å². The maximum absolute atomic E-state index is 12.2. The number of pyridine rings is 1. The van der Waals surface area contributed by atoms with Crippen LogP contribution in [-0.4, -0.2) is 39.2 Å². The van der Waals surface area contributed by atoms with Gasteiger partial charge >= 0.3 is 6.09 Å². The molecule has 3 aromatic rings. The van der Waals surface area contributed by atoms with Gasteiger partial charge in [-0.3, -0.25) is 4.98 Å². The largest absolute Gasteiger partial charge is 0.444 e. The van der Waals surface area contributed by atoms with Gasteiger partial charge in [-0.05, 0) is 50.5 Å². The lowest BCUT2D eigenvalue weighted by atomic mass is 9.98. The number of aryl methyl sites for hydroxylation is 1. The number of ether oxygens (including phenoxy) is 1. The Morgan fingerprint density at radius 3 is 2.67 bits per heavy atom. The summed E-state index contributed by atoms with van der Waals surface area (Å²) < 4.78 is 7.69. The van der Waals surface area contributed by atoms with E-state index >= 15 is 0 Å². The fourth-order valence-corrected chi connectivity index (χ4v) is 3.68. The Balaban J connectivity index is 1.61. The van der Waals surface area contributed by atoms with Crippen LogP contribution in [0.3, 0.4) is 0 Å². The molecule has 1 aliphatic heterocycles. The van der Waals surface area contributed by atoms with Gasteiger partial charge in [0.2, 0.25) is 0 Å². The highest BCUT2D eigenvalue weighted by Gasteiger charge is 2.24. The molecule has 1 aromatic carbocycles. The smallest absolute Gasteiger partial charge is 0.410 e. The molecule has 0 fully saturated rings. The van der Waals surface area contributed by atoms with Crippen molar-refractivity contribution in [2.75, 3.05) is 13.1 Å². The highest BCUT2D eigenvalue weighted by atomic mass is 16.6. The molecule has 0 N–H and O–H groups in total. The van der Waals surface area contributed by atoms with E-state index in [1.807, 2.05) is 39.2 Å². The van der Waals surface area contributed by atoms with E-state index in [1.54, 1.807) is 4.90 Å². The van der Waals surface area contributed by atoms with Gasteiger partial charge in [0.05, 0.1) is 5.52 Å². The number of nitrogens with zero attached hydrogens (tertiary/aromatic N) is 3. The molecule has 0 spiro atoms. The summed E-state index contributed by atoms with van der Waals surface area (Å²) in [5.41, 5.74) is 4.41. The Morgan fingerprint density at radius 1 is 1.15 bits per heavy atom. The Kier molecular flexibility index (Phi) is 4.17. The summed E-state index contributed by atoms with van der Waals surface area (Å²) in [5, 5.41) is 2.39. The van der Waals surface area contributed by atoms with Gasteiger partial charge in [-0.1, -0.05) is 18.2 Å². The summed E-state index contributed by atoms with van der Waals surface area (Å²) >= 11 is 0. The number of benzene rings is 1. The highest BCUT2D eigenvalue weighted by molar-refractivity contribution is 6.08. The van der Waals surface area contributed by atoms with Crippen molar-refractivity contribution in [3.05, 3.63) is 48.3 Å². The Bertz CT molecular complexity index is 1060. The van der Waals surface area contributed by atoms with Gasteiger partial charge in [0.25, 0.3) is 0 Å². The molecule has 0 saturated carbocycles. The second-order valence-electron chi connectivity index (χ2n) is 8.09.